The summed E-state index contributed by atoms with van der Waals surface area (Å²) in [4.78, 5) is 20.1. The Hall–Kier alpha value is -3.02. The molecule has 11 nitrogen and oxygen atoms in total. The van der Waals surface area contributed by atoms with Gasteiger partial charge in [0.05, 0.1) is 12.8 Å². The van der Waals surface area contributed by atoms with Crippen LogP contribution in [0.1, 0.15) is 28.7 Å². The van der Waals surface area contributed by atoms with Gasteiger partial charge in [0.15, 0.2) is 5.82 Å². The number of rotatable bonds is 5. The molecule has 0 spiro atoms. The van der Waals surface area contributed by atoms with Crippen LogP contribution in [-0.2, 0) is 21.8 Å². The van der Waals surface area contributed by atoms with Crippen molar-refractivity contribution in [2.75, 3.05) is 11.3 Å². The van der Waals surface area contributed by atoms with E-state index in [2.05, 4.69) is 24.9 Å². The third-order valence-corrected chi connectivity index (χ3v) is 4.62. The largest absolute Gasteiger partial charge is 0.462 e. The monoisotopic (exact) mass is 379 g/mol. The van der Waals surface area contributed by atoms with Gasteiger partial charge >= 0.3 is 16.0 Å². The van der Waals surface area contributed by atoms with Crippen LogP contribution in [0.15, 0.2) is 17.4 Å². The molecule has 0 aromatic carbocycles. The Labute approximate surface area is 149 Å². The van der Waals surface area contributed by atoms with Crippen LogP contribution in [0.25, 0.3) is 5.78 Å². The summed E-state index contributed by atoms with van der Waals surface area (Å²) in [5.41, 5.74) is 1.37. The molecule has 3 aromatic heterocycles. The van der Waals surface area contributed by atoms with E-state index in [0.29, 0.717) is 11.4 Å². The third kappa shape index (κ3) is 3.10. The van der Waals surface area contributed by atoms with E-state index in [-0.39, 0.29) is 23.8 Å². The number of fused-ring (bicyclic) bond motifs is 1. The number of carbonyl (C=O) groups excluding carboxylic acids is 1. The van der Waals surface area contributed by atoms with Gasteiger partial charge in [0.1, 0.15) is 5.56 Å². The zero-order valence-corrected chi connectivity index (χ0v) is 15.4. The average molecular weight is 379 g/mol. The number of esters is 1. The van der Waals surface area contributed by atoms with E-state index in [1.165, 1.54) is 22.4 Å². The van der Waals surface area contributed by atoms with Gasteiger partial charge in [-0.3, -0.25) is 9.40 Å². The first-order valence-electron chi connectivity index (χ1n) is 7.66. The van der Waals surface area contributed by atoms with Crippen molar-refractivity contribution in [1.29, 1.82) is 0 Å². The maximum absolute atomic E-state index is 12.7. The lowest BCUT2D eigenvalue weighted by molar-refractivity contribution is 0.0527. The highest BCUT2D eigenvalue weighted by Crippen LogP contribution is 2.19. The molecule has 0 fully saturated rings. The Bertz CT molecular complexity index is 1100. The first-order chi connectivity index (χ1) is 12.2. The topological polar surface area (TPSA) is 133 Å². The molecule has 1 N–H and O–H groups in total. The molecule has 138 valence electrons. The highest BCUT2D eigenvalue weighted by atomic mass is 32.2. The SMILES string of the molecule is CCOC(=O)c1cnn(C)c1NS(=O)(=O)c1nc2nc(C)cc(C)n2n1. The number of nitrogens with one attached hydrogen (secondary N) is 1. The summed E-state index contributed by atoms with van der Waals surface area (Å²) in [6.45, 7) is 5.34. The van der Waals surface area contributed by atoms with Gasteiger partial charge in [-0.15, -0.1) is 5.10 Å². The van der Waals surface area contributed by atoms with Crippen molar-refractivity contribution in [2.45, 2.75) is 25.9 Å². The molecule has 26 heavy (non-hydrogen) atoms. The molecule has 0 saturated heterocycles. The highest BCUT2D eigenvalue weighted by Gasteiger charge is 2.27. The van der Waals surface area contributed by atoms with Crippen molar-refractivity contribution in [3.8, 4) is 0 Å². The van der Waals surface area contributed by atoms with E-state index >= 15 is 0 Å². The van der Waals surface area contributed by atoms with E-state index in [1.807, 2.05) is 0 Å². The van der Waals surface area contributed by atoms with Crippen LogP contribution in [0.5, 0.6) is 0 Å². The number of aromatic nitrogens is 6. The third-order valence-electron chi connectivity index (χ3n) is 3.50. The van der Waals surface area contributed by atoms with Gasteiger partial charge < -0.3 is 4.74 Å². The number of nitrogens with zero attached hydrogens (tertiary/aromatic N) is 6. The molecule has 0 bridgehead atoms. The fourth-order valence-corrected chi connectivity index (χ4v) is 3.33. The number of carbonyl (C=O) groups is 1. The number of hydrogen-bond donors (Lipinski definition) is 1. The fourth-order valence-electron chi connectivity index (χ4n) is 2.35. The maximum Gasteiger partial charge on any atom is 0.343 e. The summed E-state index contributed by atoms with van der Waals surface area (Å²) in [7, 11) is -2.68. The van der Waals surface area contributed by atoms with Crippen LogP contribution in [0, 0.1) is 13.8 Å². The van der Waals surface area contributed by atoms with E-state index in [4.69, 9.17) is 4.74 Å². The molecule has 0 amide bonds. The molecule has 0 atom stereocenters. The van der Waals surface area contributed by atoms with Gasteiger partial charge in [-0.2, -0.15) is 18.5 Å². The number of hydrogen-bond acceptors (Lipinski definition) is 8. The number of anilines is 1. The average Bonchev–Trinajstić information content (AvgIpc) is 3.13. The summed E-state index contributed by atoms with van der Waals surface area (Å²) < 4.78 is 35.1. The fraction of sp³-hybridized carbons (Fsp3) is 0.357. The normalized spacial score (nSPS) is 11.7. The molecular weight excluding hydrogens is 362 g/mol. The van der Waals surface area contributed by atoms with Crippen molar-refractivity contribution in [3.63, 3.8) is 0 Å². The van der Waals surface area contributed by atoms with Gasteiger partial charge in [0, 0.05) is 18.4 Å². The second-order valence-corrected chi connectivity index (χ2v) is 7.08. The lowest BCUT2D eigenvalue weighted by atomic mass is 10.3. The van der Waals surface area contributed by atoms with E-state index in [9.17, 15) is 13.2 Å². The number of ether oxygens (including phenoxy) is 1. The van der Waals surface area contributed by atoms with E-state index < -0.39 is 21.1 Å². The number of sulfonamides is 1. The summed E-state index contributed by atoms with van der Waals surface area (Å²) in [5, 5.41) is 7.43. The standard InChI is InChI=1S/C14H17N7O4S/c1-5-25-12(22)10-7-15-20(4)11(10)19-26(23,24)14-17-13-16-8(2)6-9(3)21(13)18-14/h6-7,19H,5H2,1-4H3. The quantitative estimate of drug-likeness (QED) is 0.632. The molecule has 12 heteroatoms. The molecular formula is C14H17N7O4S. The summed E-state index contributed by atoms with van der Waals surface area (Å²) in [6.07, 6.45) is 1.22. The van der Waals surface area contributed by atoms with E-state index in [0.717, 1.165) is 0 Å². The van der Waals surface area contributed by atoms with Crippen LogP contribution >= 0.6 is 0 Å². The Morgan fingerprint density at radius 2 is 2.04 bits per heavy atom. The van der Waals surface area contributed by atoms with Crippen LogP contribution in [0.2, 0.25) is 0 Å². The van der Waals surface area contributed by atoms with Crippen molar-refractivity contribution in [2.24, 2.45) is 7.05 Å². The number of aryl methyl sites for hydroxylation is 3. The van der Waals surface area contributed by atoms with Crippen molar-refractivity contribution >= 4 is 27.6 Å². The second kappa shape index (κ2) is 6.37. The smallest absolute Gasteiger partial charge is 0.343 e. The molecule has 3 aromatic rings. The maximum atomic E-state index is 12.7. The lowest BCUT2D eigenvalue weighted by Crippen LogP contribution is -2.19. The van der Waals surface area contributed by atoms with Gasteiger partial charge in [-0.05, 0) is 26.8 Å². The van der Waals surface area contributed by atoms with Crippen LogP contribution < -0.4 is 4.72 Å². The van der Waals surface area contributed by atoms with Crippen molar-refractivity contribution in [3.05, 3.63) is 29.2 Å². The minimum atomic E-state index is -4.17. The molecule has 3 heterocycles. The highest BCUT2D eigenvalue weighted by molar-refractivity contribution is 7.92. The zero-order valence-electron chi connectivity index (χ0n) is 14.6. The predicted octanol–water partition coefficient (Wildman–Crippen LogP) is 0.452. The summed E-state index contributed by atoms with van der Waals surface area (Å²) >= 11 is 0. The van der Waals surface area contributed by atoms with Crippen LogP contribution in [0.3, 0.4) is 0 Å². The Morgan fingerprint density at radius 3 is 2.73 bits per heavy atom. The molecule has 0 radical (unpaired) electrons. The van der Waals surface area contributed by atoms with Gasteiger partial charge in [-0.1, -0.05) is 0 Å². The van der Waals surface area contributed by atoms with Gasteiger partial charge in [0.2, 0.25) is 0 Å². The molecule has 0 aliphatic heterocycles. The molecule has 0 aliphatic carbocycles. The van der Waals surface area contributed by atoms with Crippen LogP contribution in [-0.4, -0.2) is 50.4 Å². The van der Waals surface area contributed by atoms with Gasteiger partial charge in [-0.25, -0.2) is 14.3 Å². The summed E-state index contributed by atoms with van der Waals surface area (Å²) in [5.74, 6) is -0.559. The van der Waals surface area contributed by atoms with Gasteiger partial charge in [0.25, 0.3) is 10.9 Å². The summed E-state index contributed by atoms with van der Waals surface area (Å²) in [6, 6.07) is 1.76. The second-order valence-electron chi connectivity index (χ2n) is 5.50. The first kappa shape index (κ1) is 17.8. The minimum absolute atomic E-state index is 0.00756. The Kier molecular flexibility index (Phi) is 4.36. The lowest BCUT2D eigenvalue weighted by Gasteiger charge is -2.07. The first-order valence-corrected chi connectivity index (χ1v) is 9.14. The minimum Gasteiger partial charge on any atom is -0.462 e. The zero-order chi connectivity index (χ0) is 19.1. The van der Waals surface area contributed by atoms with Crippen LogP contribution in [0.4, 0.5) is 5.82 Å². The Balaban J connectivity index is 2.02. The molecule has 0 aliphatic rings. The van der Waals surface area contributed by atoms with Crippen molar-refractivity contribution < 1.29 is 17.9 Å². The Morgan fingerprint density at radius 1 is 1.31 bits per heavy atom. The predicted molar refractivity (Wildman–Crippen MR) is 90.2 cm³/mol. The molecule has 3 rings (SSSR count). The van der Waals surface area contributed by atoms with E-state index in [1.54, 1.807) is 26.8 Å². The molecule has 0 unspecified atom stereocenters. The van der Waals surface area contributed by atoms with Crippen molar-refractivity contribution in [1.82, 2.24) is 29.4 Å². The molecule has 0 saturated carbocycles.